The van der Waals surface area contributed by atoms with Gasteiger partial charge in [0.2, 0.25) is 0 Å². The van der Waals surface area contributed by atoms with Crippen molar-refractivity contribution in [1.82, 2.24) is 0 Å². The molecule has 0 aliphatic heterocycles. The predicted molar refractivity (Wildman–Crippen MR) is 90.9 cm³/mol. The molecule has 0 saturated heterocycles. The number of benzene rings is 2. The highest BCUT2D eigenvalue weighted by Crippen LogP contribution is 2.22. The zero-order chi connectivity index (χ0) is 19.9. The van der Waals surface area contributed by atoms with E-state index in [0.717, 1.165) is 28.8 Å². The minimum atomic E-state index is -1.46. The molecule has 2 aromatic rings. The SMILES string of the molecule is N=C(N)Sc1ccc(F)cc1.O=C(O)c1cc([N+](=O)[O-])cc([N+](=O)[O-])c1. The molecule has 12 heteroatoms. The number of carbonyl (C=O) groups is 1. The topological polar surface area (TPSA) is 173 Å². The summed E-state index contributed by atoms with van der Waals surface area (Å²) in [5.41, 5.74) is 3.38. The van der Waals surface area contributed by atoms with Gasteiger partial charge in [-0.05, 0) is 24.3 Å². The lowest BCUT2D eigenvalue weighted by Gasteiger charge is -1.96. The van der Waals surface area contributed by atoms with E-state index in [1.54, 1.807) is 12.1 Å². The summed E-state index contributed by atoms with van der Waals surface area (Å²) in [5, 5.41) is 36.2. The van der Waals surface area contributed by atoms with Crippen LogP contribution in [0.15, 0.2) is 47.4 Å². The molecule has 0 radical (unpaired) electrons. The molecule has 0 fully saturated rings. The van der Waals surface area contributed by atoms with E-state index in [1.807, 2.05) is 0 Å². The maximum atomic E-state index is 12.3. The van der Waals surface area contributed by atoms with Gasteiger partial charge in [0, 0.05) is 17.0 Å². The molecule has 26 heavy (non-hydrogen) atoms. The summed E-state index contributed by atoms with van der Waals surface area (Å²) in [6.45, 7) is 0. The summed E-state index contributed by atoms with van der Waals surface area (Å²) in [4.78, 5) is 30.2. The van der Waals surface area contributed by atoms with Crippen LogP contribution in [0, 0.1) is 31.5 Å². The summed E-state index contributed by atoms with van der Waals surface area (Å²) in [6.07, 6.45) is 0. The van der Waals surface area contributed by atoms with E-state index in [4.69, 9.17) is 16.2 Å². The van der Waals surface area contributed by atoms with E-state index in [1.165, 1.54) is 12.1 Å². The monoisotopic (exact) mass is 382 g/mol. The second-order valence-corrected chi connectivity index (χ2v) is 5.59. The van der Waals surface area contributed by atoms with Crippen molar-refractivity contribution in [3.63, 3.8) is 0 Å². The van der Waals surface area contributed by atoms with Crippen LogP contribution < -0.4 is 5.73 Å². The van der Waals surface area contributed by atoms with E-state index in [2.05, 4.69) is 0 Å². The van der Waals surface area contributed by atoms with Crippen molar-refractivity contribution < 1.29 is 24.1 Å². The zero-order valence-corrected chi connectivity index (χ0v) is 13.6. The van der Waals surface area contributed by atoms with Crippen LogP contribution in [0.3, 0.4) is 0 Å². The van der Waals surface area contributed by atoms with Crippen LogP contribution in [0.2, 0.25) is 0 Å². The summed E-state index contributed by atoms with van der Waals surface area (Å²) in [7, 11) is 0. The van der Waals surface area contributed by atoms with Crippen molar-refractivity contribution in [1.29, 1.82) is 5.41 Å². The molecule has 0 atom stereocenters. The van der Waals surface area contributed by atoms with Crippen LogP contribution in [0.5, 0.6) is 0 Å². The Morgan fingerprint density at radius 2 is 1.54 bits per heavy atom. The molecule has 0 saturated carbocycles. The Hall–Kier alpha value is -3.54. The largest absolute Gasteiger partial charge is 0.478 e. The van der Waals surface area contributed by atoms with E-state index >= 15 is 0 Å². The predicted octanol–water partition coefficient (Wildman–Crippen LogP) is 3.01. The molecular weight excluding hydrogens is 371 g/mol. The Labute approximate surface area is 149 Å². The van der Waals surface area contributed by atoms with Crippen LogP contribution in [0.25, 0.3) is 0 Å². The van der Waals surface area contributed by atoms with Gasteiger partial charge < -0.3 is 10.8 Å². The number of halogens is 1. The Balaban J connectivity index is 0.000000273. The lowest BCUT2D eigenvalue weighted by Crippen LogP contribution is -2.02. The van der Waals surface area contributed by atoms with Crippen LogP contribution in [-0.4, -0.2) is 26.1 Å². The Bertz CT molecular complexity index is 780. The molecule has 136 valence electrons. The number of hydrogen-bond acceptors (Lipinski definition) is 7. The molecule has 0 aliphatic carbocycles. The van der Waals surface area contributed by atoms with E-state index in [-0.39, 0.29) is 11.0 Å². The molecule has 2 rings (SSSR count). The molecule has 2 aromatic carbocycles. The molecule has 0 bridgehead atoms. The lowest BCUT2D eigenvalue weighted by molar-refractivity contribution is -0.394. The highest BCUT2D eigenvalue weighted by atomic mass is 32.2. The average molecular weight is 382 g/mol. The second-order valence-electron chi connectivity index (χ2n) is 4.48. The van der Waals surface area contributed by atoms with Crippen molar-refractivity contribution in [2.45, 2.75) is 4.90 Å². The molecule has 0 aliphatic rings. The van der Waals surface area contributed by atoms with Gasteiger partial charge in [0.05, 0.1) is 21.5 Å². The van der Waals surface area contributed by atoms with Crippen LogP contribution in [-0.2, 0) is 0 Å². The van der Waals surface area contributed by atoms with Crippen molar-refractivity contribution in [3.05, 3.63) is 74.1 Å². The number of non-ortho nitro benzene ring substituents is 2. The van der Waals surface area contributed by atoms with Gasteiger partial charge in [0.25, 0.3) is 11.4 Å². The Morgan fingerprint density at radius 1 is 1.08 bits per heavy atom. The zero-order valence-electron chi connectivity index (χ0n) is 12.8. The minimum absolute atomic E-state index is 0.0107. The third-order valence-electron chi connectivity index (χ3n) is 2.61. The van der Waals surface area contributed by atoms with Gasteiger partial charge in [0.15, 0.2) is 5.17 Å². The number of rotatable bonds is 4. The summed E-state index contributed by atoms with van der Waals surface area (Å²) in [6, 6.07) is 8.07. The van der Waals surface area contributed by atoms with E-state index < -0.39 is 32.8 Å². The standard InChI is InChI=1S/C7H7FN2S.C7H4N2O6/c8-5-1-3-6(4-2-5)11-7(9)10;10-7(11)4-1-5(8(12)13)3-6(2-4)9(14)15/h1-4H,(H3,9,10);1-3H,(H,10,11). The molecule has 0 unspecified atom stereocenters. The van der Waals surface area contributed by atoms with Crippen LogP contribution >= 0.6 is 11.8 Å². The van der Waals surface area contributed by atoms with Gasteiger partial charge in [-0.2, -0.15) is 0 Å². The highest BCUT2D eigenvalue weighted by Gasteiger charge is 2.19. The Morgan fingerprint density at radius 3 is 1.88 bits per heavy atom. The molecule has 0 heterocycles. The van der Waals surface area contributed by atoms with Gasteiger partial charge in [-0.15, -0.1) is 0 Å². The quantitative estimate of drug-likeness (QED) is 0.238. The lowest BCUT2D eigenvalue weighted by atomic mass is 10.2. The summed E-state index contributed by atoms with van der Waals surface area (Å²) < 4.78 is 12.3. The fraction of sp³-hybridized carbons (Fsp3) is 0. The number of amidine groups is 1. The van der Waals surface area contributed by atoms with Crippen LogP contribution in [0.4, 0.5) is 15.8 Å². The average Bonchev–Trinajstić information content (AvgIpc) is 2.56. The first-order valence-electron chi connectivity index (χ1n) is 6.54. The van der Waals surface area contributed by atoms with Gasteiger partial charge in [-0.1, -0.05) is 11.8 Å². The van der Waals surface area contributed by atoms with Gasteiger partial charge in [0.1, 0.15) is 5.82 Å². The highest BCUT2D eigenvalue weighted by molar-refractivity contribution is 8.13. The van der Waals surface area contributed by atoms with Crippen molar-refractivity contribution in [2.75, 3.05) is 0 Å². The van der Waals surface area contributed by atoms with E-state index in [9.17, 15) is 29.4 Å². The fourth-order valence-electron chi connectivity index (χ4n) is 1.56. The number of aromatic carboxylic acids is 1. The first-order chi connectivity index (χ1) is 12.1. The number of carboxylic acid groups (broad SMARTS) is 1. The molecular formula is C14H11FN4O6S. The summed E-state index contributed by atoms with van der Waals surface area (Å²) in [5.74, 6) is -1.74. The summed E-state index contributed by atoms with van der Waals surface area (Å²) >= 11 is 1.10. The number of nitrogens with one attached hydrogen (secondary N) is 1. The number of hydrogen-bond donors (Lipinski definition) is 3. The first kappa shape index (κ1) is 20.5. The number of thioether (sulfide) groups is 1. The fourth-order valence-corrected chi connectivity index (χ4v) is 2.09. The third kappa shape index (κ3) is 6.52. The third-order valence-corrected chi connectivity index (χ3v) is 3.34. The number of nitrogens with two attached hydrogens (primary N) is 1. The Kier molecular flexibility index (Phi) is 7.16. The molecule has 10 nitrogen and oxygen atoms in total. The molecule has 0 aromatic heterocycles. The number of nitro benzene ring substituents is 2. The number of carboxylic acids is 1. The van der Waals surface area contributed by atoms with E-state index in [0.29, 0.717) is 6.07 Å². The number of nitro groups is 2. The van der Waals surface area contributed by atoms with Crippen LogP contribution in [0.1, 0.15) is 10.4 Å². The van der Waals surface area contributed by atoms with Gasteiger partial charge >= 0.3 is 5.97 Å². The van der Waals surface area contributed by atoms with Gasteiger partial charge in [-0.25, -0.2) is 9.18 Å². The minimum Gasteiger partial charge on any atom is -0.478 e. The molecule has 0 amide bonds. The first-order valence-corrected chi connectivity index (χ1v) is 7.36. The van der Waals surface area contributed by atoms with Crippen molar-refractivity contribution >= 4 is 34.3 Å². The van der Waals surface area contributed by atoms with Crippen molar-refractivity contribution in [2.24, 2.45) is 5.73 Å². The molecule has 4 N–H and O–H groups in total. The van der Waals surface area contributed by atoms with Gasteiger partial charge in [-0.3, -0.25) is 25.6 Å². The molecule has 0 spiro atoms. The second kappa shape index (κ2) is 9.08. The smallest absolute Gasteiger partial charge is 0.336 e. The normalized spacial score (nSPS) is 9.58. The maximum absolute atomic E-state index is 12.3. The van der Waals surface area contributed by atoms with Crippen molar-refractivity contribution in [3.8, 4) is 0 Å². The number of nitrogens with zero attached hydrogens (tertiary/aromatic N) is 2. The maximum Gasteiger partial charge on any atom is 0.336 e.